The molecule has 0 aliphatic heterocycles. The van der Waals surface area contributed by atoms with E-state index < -0.39 is 0 Å². The zero-order chi connectivity index (χ0) is 7.94. The Balaban J connectivity index is 0.00000121. The van der Waals surface area contributed by atoms with Crippen molar-refractivity contribution in [2.75, 3.05) is 11.9 Å². The second kappa shape index (κ2) is 6.53. The number of hydrogen-bond acceptors (Lipinski definition) is 2. The average molecular weight is 183 g/mol. The monoisotopic (exact) mass is 182 g/mol. The number of nitrogens with two attached hydrogens (primary N) is 1. The Kier molecular flexibility index (Phi) is 5.90. The Labute approximate surface area is 78.6 Å². The molecule has 0 atom stereocenters. The molecule has 64 valence electrons. The number of nitrogens with one attached hydrogen (secondary N) is 1. The van der Waals surface area contributed by atoms with Crippen LogP contribution < -0.4 is 11.1 Å². The first kappa shape index (κ1) is 10.8. The van der Waals surface area contributed by atoms with Gasteiger partial charge in [-0.15, -0.1) is 12.4 Å². The van der Waals surface area contributed by atoms with Crippen molar-refractivity contribution in [1.29, 1.82) is 0 Å². The first-order valence-electron chi connectivity index (χ1n) is 3.42. The van der Waals surface area contributed by atoms with Crippen molar-refractivity contribution in [2.45, 2.75) is 0 Å². The van der Waals surface area contributed by atoms with Crippen LogP contribution in [0.2, 0.25) is 0 Å². The molecule has 0 aromatic heterocycles. The van der Waals surface area contributed by atoms with Crippen LogP contribution in [0.25, 0.3) is 0 Å². The van der Waals surface area contributed by atoms with Crippen molar-refractivity contribution in [3.05, 3.63) is 30.3 Å². The molecule has 1 aromatic carbocycles. The summed E-state index contributed by atoms with van der Waals surface area (Å²) in [6.45, 7) is 0.389. The minimum atomic E-state index is 0. The van der Waals surface area contributed by atoms with Crippen LogP contribution >= 0.6 is 12.4 Å². The predicted octanol–water partition coefficient (Wildman–Crippen LogP) is 1.44. The maximum Gasteiger partial charge on any atom is 0.0569 e. The Morgan fingerprint density at radius 1 is 1.25 bits per heavy atom. The van der Waals surface area contributed by atoms with Gasteiger partial charge in [0.15, 0.2) is 0 Å². The van der Waals surface area contributed by atoms with Gasteiger partial charge in [-0.05, 0) is 12.1 Å². The smallest absolute Gasteiger partial charge is 0.0569 e. The fraction of sp³-hybridized carbons (Fsp3) is 0.111. The molecule has 0 saturated carbocycles. The lowest BCUT2D eigenvalue weighted by Gasteiger charge is -1.94. The third kappa shape index (κ3) is 3.87. The summed E-state index contributed by atoms with van der Waals surface area (Å²) in [7, 11) is 0. The van der Waals surface area contributed by atoms with Gasteiger partial charge in [-0.1, -0.05) is 24.1 Å². The van der Waals surface area contributed by atoms with E-state index in [1.807, 2.05) is 30.3 Å². The molecule has 3 heteroatoms. The zero-order valence-electron chi connectivity index (χ0n) is 6.58. The molecule has 12 heavy (non-hydrogen) atoms. The Morgan fingerprint density at radius 2 is 1.92 bits per heavy atom. The molecule has 0 spiro atoms. The van der Waals surface area contributed by atoms with E-state index in [1.165, 1.54) is 0 Å². The van der Waals surface area contributed by atoms with Crippen molar-refractivity contribution in [3.8, 4) is 12.0 Å². The van der Waals surface area contributed by atoms with Crippen LogP contribution in [-0.2, 0) is 0 Å². The van der Waals surface area contributed by atoms with Crippen LogP contribution in [0, 0.1) is 12.0 Å². The minimum Gasteiger partial charge on any atom is -0.320 e. The van der Waals surface area contributed by atoms with Gasteiger partial charge in [-0.3, -0.25) is 0 Å². The Morgan fingerprint density at radius 3 is 2.50 bits per heavy atom. The van der Waals surface area contributed by atoms with E-state index >= 15 is 0 Å². The summed E-state index contributed by atoms with van der Waals surface area (Å²) in [6, 6.07) is 12.5. The van der Waals surface area contributed by atoms with Crippen molar-refractivity contribution >= 4 is 18.1 Å². The standard InChI is InChI=1S/C9H10N2.ClH/c10-7-4-8-11-9-5-2-1-3-6-9;/h1-3,5-6,11H,7,10H2;1H. The fourth-order valence-electron chi connectivity index (χ4n) is 0.689. The molecular formula is C9H11ClN2. The molecule has 0 saturated heterocycles. The van der Waals surface area contributed by atoms with Gasteiger partial charge < -0.3 is 11.1 Å². The van der Waals surface area contributed by atoms with E-state index in [9.17, 15) is 0 Å². The summed E-state index contributed by atoms with van der Waals surface area (Å²) in [4.78, 5) is 0. The SMILES string of the molecule is Cl.NCC#CNc1ccccc1. The molecule has 0 radical (unpaired) electrons. The molecule has 1 aromatic rings. The number of anilines is 1. The van der Waals surface area contributed by atoms with Crippen LogP contribution in [0.1, 0.15) is 0 Å². The highest BCUT2D eigenvalue weighted by Gasteiger charge is 1.81. The van der Waals surface area contributed by atoms with Gasteiger partial charge in [0.2, 0.25) is 0 Å². The summed E-state index contributed by atoms with van der Waals surface area (Å²) in [6.07, 6.45) is 0. The molecule has 0 fully saturated rings. The maximum absolute atomic E-state index is 5.18. The molecule has 0 bridgehead atoms. The Hall–Kier alpha value is -1.17. The predicted molar refractivity (Wildman–Crippen MR) is 54.1 cm³/mol. The van der Waals surface area contributed by atoms with Crippen molar-refractivity contribution in [3.63, 3.8) is 0 Å². The van der Waals surface area contributed by atoms with E-state index in [4.69, 9.17) is 5.73 Å². The topological polar surface area (TPSA) is 38.0 Å². The quantitative estimate of drug-likeness (QED) is 0.510. The lowest BCUT2D eigenvalue weighted by atomic mass is 10.3. The molecular weight excluding hydrogens is 172 g/mol. The van der Waals surface area contributed by atoms with Crippen molar-refractivity contribution in [2.24, 2.45) is 5.73 Å². The van der Waals surface area contributed by atoms with Gasteiger partial charge in [0.1, 0.15) is 0 Å². The van der Waals surface area contributed by atoms with E-state index in [2.05, 4.69) is 17.3 Å². The number of rotatable bonds is 1. The number of para-hydroxylation sites is 1. The fourth-order valence-corrected chi connectivity index (χ4v) is 0.689. The average Bonchev–Trinajstić information content (AvgIpc) is 2.07. The number of halogens is 1. The highest BCUT2D eigenvalue weighted by atomic mass is 35.5. The highest BCUT2D eigenvalue weighted by Crippen LogP contribution is 2.02. The van der Waals surface area contributed by atoms with E-state index in [0.717, 1.165) is 5.69 Å². The van der Waals surface area contributed by atoms with Gasteiger partial charge in [0, 0.05) is 11.7 Å². The van der Waals surface area contributed by atoms with Crippen LogP contribution in [0.5, 0.6) is 0 Å². The van der Waals surface area contributed by atoms with Crippen LogP contribution in [-0.4, -0.2) is 6.54 Å². The van der Waals surface area contributed by atoms with Crippen molar-refractivity contribution in [1.82, 2.24) is 0 Å². The highest BCUT2D eigenvalue weighted by molar-refractivity contribution is 5.85. The van der Waals surface area contributed by atoms with Gasteiger partial charge in [0.05, 0.1) is 6.54 Å². The second-order valence-electron chi connectivity index (χ2n) is 2.00. The van der Waals surface area contributed by atoms with Crippen LogP contribution in [0.4, 0.5) is 5.69 Å². The van der Waals surface area contributed by atoms with Gasteiger partial charge in [0.25, 0.3) is 0 Å². The molecule has 0 aliphatic rings. The summed E-state index contributed by atoms with van der Waals surface area (Å²) < 4.78 is 0. The summed E-state index contributed by atoms with van der Waals surface area (Å²) in [5, 5.41) is 2.90. The molecule has 0 aliphatic carbocycles. The molecule has 0 amide bonds. The summed E-state index contributed by atoms with van der Waals surface area (Å²) in [5.74, 6) is 2.71. The first-order chi connectivity index (χ1) is 5.43. The normalized spacial score (nSPS) is 7.42. The third-order valence-corrected chi connectivity index (χ3v) is 1.17. The lowest BCUT2D eigenvalue weighted by Crippen LogP contribution is -1.95. The van der Waals surface area contributed by atoms with E-state index in [1.54, 1.807) is 0 Å². The molecule has 0 unspecified atom stereocenters. The Bertz CT molecular complexity index is 261. The number of hydrogen-bond donors (Lipinski definition) is 2. The summed E-state index contributed by atoms with van der Waals surface area (Å²) >= 11 is 0. The molecule has 2 nitrogen and oxygen atoms in total. The van der Waals surface area contributed by atoms with Gasteiger partial charge in [-0.25, -0.2) is 0 Å². The molecule has 0 heterocycles. The van der Waals surface area contributed by atoms with Gasteiger partial charge >= 0.3 is 0 Å². The van der Waals surface area contributed by atoms with Crippen LogP contribution in [0.15, 0.2) is 30.3 Å². The third-order valence-electron chi connectivity index (χ3n) is 1.17. The number of benzene rings is 1. The first-order valence-corrected chi connectivity index (χ1v) is 3.42. The largest absolute Gasteiger partial charge is 0.320 e. The minimum absolute atomic E-state index is 0. The maximum atomic E-state index is 5.18. The second-order valence-corrected chi connectivity index (χ2v) is 2.00. The zero-order valence-corrected chi connectivity index (χ0v) is 7.40. The summed E-state index contributed by atoms with van der Waals surface area (Å²) in [5.41, 5.74) is 6.17. The van der Waals surface area contributed by atoms with E-state index in [-0.39, 0.29) is 12.4 Å². The molecule has 3 N–H and O–H groups in total. The lowest BCUT2D eigenvalue weighted by molar-refractivity contribution is 1.30. The molecule has 1 rings (SSSR count). The van der Waals surface area contributed by atoms with E-state index in [0.29, 0.717) is 6.54 Å². The van der Waals surface area contributed by atoms with Gasteiger partial charge in [-0.2, -0.15) is 0 Å². The van der Waals surface area contributed by atoms with Crippen LogP contribution in [0.3, 0.4) is 0 Å². The van der Waals surface area contributed by atoms with Crippen molar-refractivity contribution < 1.29 is 0 Å².